The summed E-state index contributed by atoms with van der Waals surface area (Å²) in [6.07, 6.45) is 1.55. The second kappa shape index (κ2) is 12.8. The molecule has 0 unspecified atom stereocenters. The van der Waals surface area contributed by atoms with Crippen molar-refractivity contribution in [1.82, 2.24) is 20.9 Å². The van der Waals surface area contributed by atoms with Crippen LogP contribution in [0.4, 0.5) is 4.79 Å². The highest BCUT2D eigenvalue weighted by Gasteiger charge is 2.29. The summed E-state index contributed by atoms with van der Waals surface area (Å²) in [4.78, 5) is 50.1. The molecule has 11 nitrogen and oxygen atoms in total. The lowest BCUT2D eigenvalue weighted by molar-refractivity contribution is -0.142. The van der Waals surface area contributed by atoms with Gasteiger partial charge in [-0.2, -0.15) is 0 Å². The zero-order valence-electron chi connectivity index (χ0n) is 19.5. The van der Waals surface area contributed by atoms with E-state index in [4.69, 9.17) is 0 Å². The van der Waals surface area contributed by atoms with E-state index in [9.17, 15) is 34.5 Å². The van der Waals surface area contributed by atoms with Gasteiger partial charge in [-0.3, -0.25) is 9.59 Å². The predicted molar refractivity (Wildman–Crippen MR) is 123 cm³/mol. The van der Waals surface area contributed by atoms with E-state index in [0.717, 1.165) is 13.0 Å². The number of carbonyl (C=O) groups excluding carboxylic acids is 2. The van der Waals surface area contributed by atoms with Gasteiger partial charge in [0, 0.05) is 26.1 Å². The molecule has 0 spiro atoms. The number of benzene rings is 1. The normalized spacial score (nSPS) is 17.1. The number of rotatable bonds is 12. The number of aromatic hydroxyl groups is 1. The zero-order valence-corrected chi connectivity index (χ0v) is 19.5. The maximum atomic E-state index is 13.0. The number of aliphatic carboxylic acids is 2. The molecule has 11 heteroatoms. The SMILES string of the molecule is CC(C)CN(C[C@@H](CNC(=O)[C@@H]1CCCN1)C(=O)O)C(=O)N[C@@H](Cc1ccc(O)cc1)C(=O)O. The number of hydrogen-bond acceptors (Lipinski definition) is 6. The Morgan fingerprint density at radius 1 is 1.09 bits per heavy atom. The van der Waals surface area contributed by atoms with Crippen molar-refractivity contribution in [2.24, 2.45) is 11.8 Å². The van der Waals surface area contributed by atoms with Crippen LogP contribution < -0.4 is 16.0 Å². The van der Waals surface area contributed by atoms with Gasteiger partial charge in [0.25, 0.3) is 0 Å². The van der Waals surface area contributed by atoms with Crippen LogP contribution in [0, 0.1) is 11.8 Å². The van der Waals surface area contributed by atoms with Crippen molar-refractivity contribution in [2.75, 3.05) is 26.2 Å². The summed E-state index contributed by atoms with van der Waals surface area (Å²) < 4.78 is 0. The maximum Gasteiger partial charge on any atom is 0.326 e. The molecule has 1 aromatic rings. The third-order valence-electron chi connectivity index (χ3n) is 5.53. The van der Waals surface area contributed by atoms with Crippen LogP contribution in [0.2, 0.25) is 0 Å². The van der Waals surface area contributed by atoms with Crippen molar-refractivity contribution in [2.45, 2.75) is 45.2 Å². The molecule has 0 saturated carbocycles. The number of nitrogens with zero attached hydrogens (tertiary/aromatic N) is 1. The van der Waals surface area contributed by atoms with E-state index < -0.39 is 29.9 Å². The van der Waals surface area contributed by atoms with Crippen molar-refractivity contribution >= 4 is 23.9 Å². The van der Waals surface area contributed by atoms with Crippen LogP contribution in [0.3, 0.4) is 0 Å². The molecule has 1 fully saturated rings. The molecule has 6 N–H and O–H groups in total. The van der Waals surface area contributed by atoms with E-state index in [1.54, 1.807) is 12.1 Å². The molecule has 2 rings (SSSR count). The van der Waals surface area contributed by atoms with E-state index in [1.807, 2.05) is 13.8 Å². The summed E-state index contributed by atoms with van der Waals surface area (Å²) >= 11 is 0. The lowest BCUT2D eigenvalue weighted by Crippen LogP contribution is -2.52. The minimum Gasteiger partial charge on any atom is -0.508 e. The van der Waals surface area contributed by atoms with Crippen molar-refractivity contribution < 1.29 is 34.5 Å². The molecule has 1 heterocycles. The molecular formula is C23H34N4O7. The highest BCUT2D eigenvalue weighted by molar-refractivity contribution is 5.84. The number of amides is 3. The molecule has 0 radical (unpaired) electrons. The minimum absolute atomic E-state index is 0.00199. The number of urea groups is 1. The second-order valence-electron chi connectivity index (χ2n) is 8.94. The lowest BCUT2D eigenvalue weighted by atomic mass is 10.1. The van der Waals surface area contributed by atoms with E-state index in [0.29, 0.717) is 12.0 Å². The van der Waals surface area contributed by atoms with Crippen LogP contribution in [0.1, 0.15) is 32.3 Å². The largest absolute Gasteiger partial charge is 0.508 e. The first kappa shape index (κ1) is 26.9. The van der Waals surface area contributed by atoms with Crippen molar-refractivity contribution in [3.8, 4) is 5.75 Å². The molecule has 3 atom stereocenters. The first-order chi connectivity index (χ1) is 16.1. The Balaban J connectivity index is 2.05. The number of nitrogens with one attached hydrogen (secondary N) is 3. The van der Waals surface area contributed by atoms with Gasteiger partial charge in [-0.15, -0.1) is 0 Å². The molecule has 1 aliphatic heterocycles. The third-order valence-corrected chi connectivity index (χ3v) is 5.53. The van der Waals surface area contributed by atoms with Crippen LogP contribution in [-0.4, -0.2) is 82.4 Å². The topological polar surface area (TPSA) is 168 Å². The fourth-order valence-electron chi connectivity index (χ4n) is 3.74. The lowest BCUT2D eigenvalue weighted by Gasteiger charge is -2.29. The number of carbonyl (C=O) groups is 4. The van der Waals surface area contributed by atoms with Gasteiger partial charge in [0.2, 0.25) is 5.91 Å². The van der Waals surface area contributed by atoms with Gasteiger partial charge in [-0.05, 0) is 43.0 Å². The predicted octanol–water partition coefficient (Wildman–Crippen LogP) is 0.625. The summed E-state index contributed by atoms with van der Waals surface area (Å²) in [6, 6.07) is 3.68. The number of carboxylic acid groups (broad SMARTS) is 2. The van der Waals surface area contributed by atoms with Crippen LogP contribution in [0.25, 0.3) is 0 Å². The molecule has 188 valence electrons. The molecule has 0 bridgehead atoms. The Kier molecular flexibility index (Phi) is 10.1. The van der Waals surface area contributed by atoms with Gasteiger partial charge in [0.15, 0.2) is 0 Å². The molecule has 1 aromatic carbocycles. The van der Waals surface area contributed by atoms with Gasteiger partial charge in [-0.1, -0.05) is 26.0 Å². The molecular weight excluding hydrogens is 444 g/mol. The molecule has 0 aliphatic carbocycles. The average Bonchev–Trinajstić information content (AvgIpc) is 3.31. The highest BCUT2D eigenvalue weighted by atomic mass is 16.4. The zero-order chi connectivity index (χ0) is 25.3. The first-order valence-electron chi connectivity index (χ1n) is 11.4. The number of carboxylic acids is 2. The van der Waals surface area contributed by atoms with Gasteiger partial charge in [0.1, 0.15) is 11.8 Å². The van der Waals surface area contributed by atoms with Gasteiger partial charge < -0.3 is 36.2 Å². The summed E-state index contributed by atoms with van der Waals surface area (Å²) in [7, 11) is 0. The monoisotopic (exact) mass is 478 g/mol. The van der Waals surface area contributed by atoms with Gasteiger partial charge >= 0.3 is 18.0 Å². The summed E-state index contributed by atoms with van der Waals surface area (Å²) in [5, 5.41) is 36.8. The Morgan fingerprint density at radius 3 is 2.29 bits per heavy atom. The Morgan fingerprint density at radius 2 is 1.76 bits per heavy atom. The molecule has 3 amide bonds. The van der Waals surface area contributed by atoms with E-state index in [-0.39, 0.29) is 49.7 Å². The second-order valence-corrected chi connectivity index (χ2v) is 8.94. The summed E-state index contributed by atoms with van der Waals surface area (Å²) in [6.45, 7) is 4.31. The van der Waals surface area contributed by atoms with E-state index >= 15 is 0 Å². The Hall–Kier alpha value is -3.34. The fourth-order valence-corrected chi connectivity index (χ4v) is 3.74. The van der Waals surface area contributed by atoms with Crippen LogP contribution >= 0.6 is 0 Å². The minimum atomic E-state index is -1.25. The first-order valence-corrected chi connectivity index (χ1v) is 11.4. The fraction of sp³-hybridized carbons (Fsp3) is 0.565. The average molecular weight is 479 g/mol. The number of phenolic OH excluding ortho intramolecular Hbond substituents is 1. The van der Waals surface area contributed by atoms with Crippen LogP contribution in [-0.2, 0) is 20.8 Å². The highest BCUT2D eigenvalue weighted by Crippen LogP contribution is 2.13. The van der Waals surface area contributed by atoms with Crippen LogP contribution in [0.5, 0.6) is 5.75 Å². The summed E-state index contributed by atoms with van der Waals surface area (Å²) in [5.41, 5.74) is 0.604. The quantitative estimate of drug-likeness (QED) is 0.254. The smallest absolute Gasteiger partial charge is 0.326 e. The standard InChI is InChI=1S/C23H34N4O7/c1-14(2)12-27(13-16(21(30)31)11-25-20(29)18-4-3-9-24-18)23(34)26-19(22(32)33)10-15-5-7-17(28)8-6-15/h5-8,14,16,18-19,24,28H,3-4,9-13H2,1-2H3,(H,25,29)(H,26,34)(H,30,31)(H,32,33)/t16-,18+,19+/m1/s1. The maximum absolute atomic E-state index is 13.0. The van der Waals surface area contributed by atoms with Crippen molar-refractivity contribution in [3.05, 3.63) is 29.8 Å². The molecule has 0 aromatic heterocycles. The van der Waals surface area contributed by atoms with Crippen molar-refractivity contribution in [1.29, 1.82) is 0 Å². The number of hydrogen-bond donors (Lipinski definition) is 6. The molecule has 1 saturated heterocycles. The van der Waals surface area contributed by atoms with Crippen molar-refractivity contribution in [3.63, 3.8) is 0 Å². The van der Waals surface area contributed by atoms with E-state index in [1.165, 1.54) is 17.0 Å². The van der Waals surface area contributed by atoms with E-state index in [2.05, 4.69) is 16.0 Å². The number of phenols is 1. The Bertz CT molecular complexity index is 853. The van der Waals surface area contributed by atoms with Gasteiger partial charge in [0.05, 0.1) is 12.0 Å². The third kappa shape index (κ3) is 8.54. The molecule has 34 heavy (non-hydrogen) atoms. The van der Waals surface area contributed by atoms with Gasteiger partial charge in [-0.25, -0.2) is 9.59 Å². The summed E-state index contributed by atoms with van der Waals surface area (Å²) in [5.74, 6) is -3.70. The van der Waals surface area contributed by atoms with Crippen LogP contribution in [0.15, 0.2) is 24.3 Å². The molecule has 1 aliphatic rings. The Labute approximate surface area is 198 Å².